The van der Waals surface area contributed by atoms with Crippen LogP contribution in [0, 0.1) is 6.92 Å². The molecule has 0 bridgehead atoms. The van der Waals surface area contributed by atoms with E-state index in [9.17, 15) is 4.79 Å². The zero-order valence-electron chi connectivity index (χ0n) is 10.5. The second-order valence-corrected chi connectivity index (χ2v) is 3.98. The van der Waals surface area contributed by atoms with Crippen molar-refractivity contribution in [3.8, 4) is 5.75 Å². The first-order chi connectivity index (χ1) is 8.17. The van der Waals surface area contributed by atoms with E-state index in [1.54, 1.807) is 7.11 Å². The lowest BCUT2D eigenvalue weighted by Crippen LogP contribution is -2.23. The molecule has 1 amide bonds. The van der Waals surface area contributed by atoms with Gasteiger partial charge in [-0.15, -0.1) is 0 Å². The Kier molecular flexibility index (Phi) is 5.49. The molecule has 0 aliphatic rings. The van der Waals surface area contributed by atoms with E-state index < -0.39 is 0 Å². The molecule has 0 saturated carbocycles. The lowest BCUT2D eigenvalue weighted by atomic mass is 10.1. The highest BCUT2D eigenvalue weighted by Gasteiger charge is 2.05. The van der Waals surface area contributed by atoms with Gasteiger partial charge in [-0.05, 0) is 31.5 Å². The van der Waals surface area contributed by atoms with Gasteiger partial charge >= 0.3 is 0 Å². The van der Waals surface area contributed by atoms with Crippen LogP contribution in [0.5, 0.6) is 5.75 Å². The van der Waals surface area contributed by atoms with Crippen molar-refractivity contribution in [2.45, 2.75) is 26.3 Å². The van der Waals surface area contributed by atoms with Gasteiger partial charge < -0.3 is 15.8 Å². The predicted molar refractivity (Wildman–Crippen MR) is 67.9 cm³/mol. The molecule has 0 aromatic heterocycles. The van der Waals surface area contributed by atoms with Crippen molar-refractivity contribution in [2.24, 2.45) is 5.73 Å². The van der Waals surface area contributed by atoms with Crippen LogP contribution in [0.1, 0.15) is 24.0 Å². The summed E-state index contributed by atoms with van der Waals surface area (Å²) in [4.78, 5) is 11.4. The Hall–Kier alpha value is -1.55. The highest BCUT2D eigenvalue weighted by atomic mass is 16.5. The van der Waals surface area contributed by atoms with Crippen molar-refractivity contribution < 1.29 is 9.53 Å². The van der Waals surface area contributed by atoms with Crippen LogP contribution in [0.15, 0.2) is 18.2 Å². The number of nitrogens with one attached hydrogen (secondary N) is 1. The third-order valence-corrected chi connectivity index (χ3v) is 2.53. The van der Waals surface area contributed by atoms with Crippen molar-refractivity contribution >= 4 is 5.91 Å². The van der Waals surface area contributed by atoms with Gasteiger partial charge in [0.1, 0.15) is 5.75 Å². The molecule has 1 aromatic carbocycles. The van der Waals surface area contributed by atoms with Crippen LogP contribution in [0.2, 0.25) is 0 Å². The number of nitrogens with two attached hydrogens (primary N) is 1. The minimum atomic E-state index is 0.0260. The van der Waals surface area contributed by atoms with E-state index in [0.717, 1.165) is 23.3 Å². The molecule has 0 aliphatic heterocycles. The highest BCUT2D eigenvalue weighted by molar-refractivity contribution is 5.75. The molecule has 17 heavy (non-hydrogen) atoms. The normalized spacial score (nSPS) is 10.1. The summed E-state index contributed by atoms with van der Waals surface area (Å²) in [6.07, 6.45) is 1.20. The molecule has 1 aromatic rings. The van der Waals surface area contributed by atoms with E-state index in [-0.39, 0.29) is 5.91 Å². The largest absolute Gasteiger partial charge is 0.496 e. The van der Waals surface area contributed by atoms with Gasteiger partial charge in [-0.2, -0.15) is 0 Å². The van der Waals surface area contributed by atoms with E-state index in [4.69, 9.17) is 10.5 Å². The predicted octanol–water partition coefficient (Wildman–Crippen LogP) is 1.36. The van der Waals surface area contributed by atoms with Crippen molar-refractivity contribution in [3.63, 3.8) is 0 Å². The molecule has 0 heterocycles. The molecule has 3 N–H and O–H groups in total. The van der Waals surface area contributed by atoms with Gasteiger partial charge in [0, 0.05) is 18.5 Å². The number of hydrogen-bond acceptors (Lipinski definition) is 3. The fraction of sp³-hybridized carbons (Fsp3) is 0.462. The number of aryl methyl sites for hydroxylation is 1. The van der Waals surface area contributed by atoms with Gasteiger partial charge in [0.15, 0.2) is 0 Å². The summed E-state index contributed by atoms with van der Waals surface area (Å²) in [6.45, 7) is 3.04. The van der Waals surface area contributed by atoms with Crippen LogP contribution >= 0.6 is 0 Å². The fourth-order valence-electron chi connectivity index (χ4n) is 1.54. The lowest BCUT2D eigenvalue weighted by molar-refractivity contribution is -0.121. The van der Waals surface area contributed by atoms with E-state index in [1.807, 2.05) is 25.1 Å². The monoisotopic (exact) mass is 236 g/mol. The molecule has 0 saturated heterocycles. The first kappa shape index (κ1) is 13.5. The average molecular weight is 236 g/mol. The Morgan fingerprint density at radius 1 is 1.47 bits per heavy atom. The number of carbonyl (C=O) groups excluding carboxylic acids is 1. The Balaban J connectivity index is 2.54. The molecule has 94 valence electrons. The summed E-state index contributed by atoms with van der Waals surface area (Å²) < 4.78 is 5.27. The average Bonchev–Trinajstić information content (AvgIpc) is 2.34. The lowest BCUT2D eigenvalue weighted by Gasteiger charge is -2.10. The molecular weight excluding hydrogens is 216 g/mol. The maximum Gasteiger partial charge on any atom is 0.220 e. The minimum Gasteiger partial charge on any atom is -0.496 e. The second-order valence-electron chi connectivity index (χ2n) is 3.98. The van der Waals surface area contributed by atoms with Crippen molar-refractivity contribution in [1.82, 2.24) is 5.32 Å². The Morgan fingerprint density at radius 2 is 2.24 bits per heavy atom. The smallest absolute Gasteiger partial charge is 0.220 e. The standard InChI is InChI=1S/C13H20N2O2/c1-10-5-6-11(12(8-10)17-2)9-15-13(16)4-3-7-14/h5-6,8H,3-4,7,9,14H2,1-2H3,(H,15,16). The van der Waals surface area contributed by atoms with Gasteiger partial charge in [0.05, 0.1) is 7.11 Å². The number of benzene rings is 1. The van der Waals surface area contributed by atoms with Gasteiger partial charge in [-0.25, -0.2) is 0 Å². The first-order valence-corrected chi connectivity index (χ1v) is 5.77. The molecule has 0 unspecified atom stereocenters. The van der Waals surface area contributed by atoms with Crippen LogP contribution in [-0.2, 0) is 11.3 Å². The number of carbonyl (C=O) groups is 1. The maximum absolute atomic E-state index is 11.4. The SMILES string of the molecule is COc1cc(C)ccc1CNC(=O)CCCN. The molecule has 0 fully saturated rings. The third kappa shape index (κ3) is 4.44. The highest BCUT2D eigenvalue weighted by Crippen LogP contribution is 2.19. The maximum atomic E-state index is 11.4. The number of amides is 1. The summed E-state index contributed by atoms with van der Waals surface area (Å²) in [7, 11) is 1.63. The van der Waals surface area contributed by atoms with Crippen LogP contribution in [-0.4, -0.2) is 19.6 Å². The van der Waals surface area contributed by atoms with Crippen molar-refractivity contribution in [2.75, 3.05) is 13.7 Å². The van der Waals surface area contributed by atoms with Crippen molar-refractivity contribution in [1.29, 1.82) is 0 Å². The van der Waals surface area contributed by atoms with Crippen LogP contribution in [0.3, 0.4) is 0 Å². The molecule has 0 radical (unpaired) electrons. The van der Waals surface area contributed by atoms with Gasteiger partial charge in [-0.3, -0.25) is 4.79 Å². The Morgan fingerprint density at radius 3 is 2.88 bits per heavy atom. The van der Waals surface area contributed by atoms with E-state index in [0.29, 0.717) is 19.5 Å². The minimum absolute atomic E-state index is 0.0260. The third-order valence-electron chi connectivity index (χ3n) is 2.53. The Bertz CT molecular complexity index is 378. The quantitative estimate of drug-likeness (QED) is 0.783. The molecule has 0 spiro atoms. The van der Waals surface area contributed by atoms with Crippen LogP contribution in [0.25, 0.3) is 0 Å². The van der Waals surface area contributed by atoms with E-state index in [2.05, 4.69) is 5.32 Å². The summed E-state index contributed by atoms with van der Waals surface area (Å²) in [5.41, 5.74) is 7.47. The number of rotatable bonds is 6. The van der Waals surface area contributed by atoms with Crippen LogP contribution < -0.4 is 15.8 Å². The van der Waals surface area contributed by atoms with E-state index in [1.165, 1.54) is 0 Å². The molecule has 0 aliphatic carbocycles. The number of methoxy groups -OCH3 is 1. The summed E-state index contributed by atoms with van der Waals surface area (Å²) >= 11 is 0. The van der Waals surface area contributed by atoms with Crippen molar-refractivity contribution in [3.05, 3.63) is 29.3 Å². The zero-order valence-corrected chi connectivity index (χ0v) is 10.5. The molecule has 0 atom stereocenters. The molecule has 1 rings (SSSR count). The Labute approximate surface area is 102 Å². The zero-order chi connectivity index (χ0) is 12.7. The van der Waals surface area contributed by atoms with Gasteiger partial charge in [0.25, 0.3) is 0 Å². The molecule has 4 heteroatoms. The van der Waals surface area contributed by atoms with Gasteiger partial charge in [0.2, 0.25) is 5.91 Å². The summed E-state index contributed by atoms with van der Waals surface area (Å²) in [6, 6.07) is 5.93. The second kappa shape index (κ2) is 6.91. The number of ether oxygens (including phenoxy) is 1. The van der Waals surface area contributed by atoms with E-state index >= 15 is 0 Å². The first-order valence-electron chi connectivity index (χ1n) is 5.77. The van der Waals surface area contributed by atoms with Gasteiger partial charge in [-0.1, -0.05) is 12.1 Å². The fourth-order valence-corrected chi connectivity index (χ4v) is 1.54. The van der Waals surface area contributed by atoms with Crippen LogP contribution in [0.4, 0.5) is 0 Å². The molecular formula is C13H20N2O2. The summed E-state index contributed by atoms with van der Waals surface area (Å²) in [5, 5.41) is 2.85. The molecule has 4 nitrogen and oxygen atoms in total. The summed E-state index contributed by atoms with van der Waals surface area (Å²) in [5.74, 6) is 0.835. The topological polar surface area (TPSA) is 64.3 Å². The number of hydrogen-bond donors (Lipinski definition) is 2.